The van der Waals surface area contributed by atoms with Gasteiger partial charge in [0.15, 0.2) is 0 Å². The van der Waals surface area contributed by atoms with E-state index in [1.807, 2.05) is 42.5 Å². The lowest BCUT2D eigenvalue weighted by atomic mass is 9.90. The number of pyridine rings is 1. The van der Waals surface area contributed by atoms with Crippen molar-refractivity contribution in [1.82, 2.24) is 4.98 Å². The van der Waals surface area contributed by atoms with E-state index in [0.29, 0.717) is 6.42 Å². The fourth-order valence-corrected chi connectivity index (χ4v) is 2.95. The van der Waals surface area contributed by atoms with Crippen LogP contribution in [0.3, 0.4) is 0 Å². The predicted molar refractivity (Wildman–Crippen MR) is 89.2 cm³/mol. The molecule has 1 N–H and O–H groups in total. The summed E-state index contributed by atoms with van der Waals surface area (Å²) in [5, 5.41) is 11.6. The quantitative estimate of drug-likeness (QED) is 0.691. The van der Waals surface area contributed by atoms with Crippen LogP contribution in [0, 0.1) is 0 Å². The van der Waals surface area contributed by atoms with E-state index in [2.05, 4.69) is 18.0 Å². The Hall–Kier alpha value is -2.42. The Morgan fingerprint density at radius 2 is 1.91 bits per heavy atom. The molecule has 3 heteroatoms. The zero-order valence-electron chi connectivity index (χ0n) is 12.6. The number of fused-ring (bicyclic) bond motifs is 2. The molecule has 0 saturated carbocycles. The van der Waals surface area contributed by atoms with Gasteiger partial charge >= 0.3 is 5.97 Å². The molecule has 1 unspecified atom stereocenters. The molecule has 0 fully saturated rings. The van der Waals surface area contributed by atoms with Crippen LogP contribution in [0.25, 0.3) is 21.8 Å². The molecule has 0 aliphatic heterocycles. The molecule has 3 nitrogen and oxygen atoms in total. The van der Waals surface area contributed by atoms with Gasteiger partial charge in [0, 0.05) is 10.8 Å². The van der Waals surface area contributed by atoms with Crippen molar-refractivity contribution in [1.29, 1.82) is 0 Å². The van der Waals surface area contributed by atoms with Crippen LogP contribution in [0.1, 0.15) is 37.7 Å². The second-order valence-corrected chi connectivity index (χ2v) is 5.63. The summed E-state index contributed by atoms with van der Waals surface area (Å²) in [6.07, 6.45) is 2.57. The van der Waals surface area contributed by atoms with E-state index in [4.69, 9.17) is 0 Å². The van der Waals surface area contributed by atoms with Crippen LogP contribution in [-0.4, -0.2) is 16.1 Å². The topological polar surface area (TPSA) is 50.2 Å². The summed E-state index contributed by atoms with van der Waals surface area (Å²) in [5.41, 5.74) is 2.67. The molecule has 0 aliphatic rings. The molecule has 0 saturated heterocycles. The highest BCUT2D eigenvalue weighted by Gasteiger charge is 2.21. The molecule has 3 rings (SSSR count). The van der Waals surface area contributed by atoms with Gasteiger partial charge in [-0.1, -0.05) is 50.1 Å². The summed E-state index contributed by atoms with van der Waals surface area (Å²) in [7, 11) is 0. The molecule has 22 heavy (non-hydrogen) atoms. The van der Waals surface area contributed by atoms with Gasteiger partial charge in [-0.15, -0.1) is 0 Å². The van der Waals surface area contributed by atoms with Gasteiger partial charge in [-0.3, -0.25) is 4.79 Å². The molecule has 112 valence electrons. The summed E-state index contributed by atoms with van der Waals surface area (Å²) < 4.78 is 0. The van der Waals surface area contributed by atoms with Gasteiger partial charge in [0.05, 0.1) is 17.0 Å². The van der Waals surface area contributed by atoms with Gasteiger partial charge in [-0.2, -0.15) is 0 Å². The minimum atomic E-state index is -0.755. The van der Waals surface area contributed by atoms with Crippen LogP contribution in [0.2, 0.25) is 0 Å². The molecule has 1 heterocycles. The summed E-state index contributed by atoms with van der Waals surface area (Å²) in [6, 6.07) is 15.8. The van der Waals surface area contributed by atoms with Crippen LogP contribution >= 0.6 is 0 Å². The first-order valence-corrected chi connectivity index (χ1v) is 7.72. The van der Waals surface area contributed by atoms with Crippen molar-refractivity contribution >= 4 is 27.8 Å². The molecule has 1 atom stereocenters. The highest BCUT2D eigenvalue weighted by atomic mass is 16.4. The second kappa shape index (κ2) is 6.14. The van der Waals surface area contributed by atoms with Crippen LogP contribution in [0.4, 0.5) is 0 Å². The average molecular weight is 293 g/mol. The predicted octanol–water partition coefficient (Wildman–Crippen LogP) is 4.75. The monoisotopic (exact) mass is 293 g/mol. The zero-order chi connectivity index (χ0) is 15.5. The van der Waals surface area contributed by atoms with E-state index in [9.17, 15) is 9.90 Å². The number of carboxylic acids is 1. The number of hydrogen-bond acceptors (Lipinski definition) is 2. The molecule has 3 aromatic rings. The van der Waals surface area contributed by atoms with Gasteiger partial charge in [-0.05, 0) is 30.2 Å². The van der Waals surface area contributed by atoms with Crippen LogP contribution in [0.15, 0.2) is 48.5 Å². The SMILES string of the molecule is CCCCC(C(=O)O)c1cccc2nc3ccccc3cc12. The number of hydrogen-bond donors (Lipinski definition) is 1. The number of nitrogens with zero attached hydrogens (tertiary/aromatic N) is 1. The van der Waals surface area contributed by atoms with Crippen molar-refractivity contribution < 1.29 is 9.90 Å². The summed E-state index contributed by atoms with van der Waals surface area (Å²) in [6.45, 7) is 2.08. The molecule has 0 bridgehead atoms. The van der Waals surface area contributed by atoms with Gasteiger partial charge in [0.25, 0.3) is 0 Å². The normalized spacial score (nSPS) is 12.6. The maximum absolute atomic E-state index is 11.7. The lowest BCUT2D eigenvalue weighted by Crippen LogP contribution is -2.12. The number of carbonyl (C=O) groups is 1. The first-order chi connectivity index (χ1) is 10.7. The van der Waals surface area contributed by atoms with E-state index in [-0.39, 0.29) is 0 Å². The highest BCUT2D eigenvalue weighted by molar-refractivity contribution is 5.96. The van der Waals surface area contributed by atoms with Crippen LogP contribution in [0.5, 0.6) is 0 Å². The van der Waals surface area contributed by atoms with Gasteiger partial charge < -0.3 is 5.11 Å². The summed E-state index contributed by atoms with van der Waals surface area (Å²) in [5.74, 6) is -1.22. The van der Waals surface area contributed by atoms with E-state index in [1.165, 1.54) is 0 Å². The lowest BCUT2D eigenvalue weighted by molar-refractivity contribution is -0.139. The molecule has 0 spiro atoms. The first kappa shape index (κ1) is 14.5. The minimum Gasteiger partial charge on any atom is -0.481 e. The molecular weight excluding hydrogens is 274 g/mol. The molecule has 0 aliphatic carbocycles. The van der Waals surface area contributed by atoms with Crippen molar-refractivity contribution in [2.24, 2.45) is 0 Å². The van der Waals surface area contributed by atoms with Crippen molar-refractivity contribution in [3.8, 4) is 0 Å². The number of carboxylic acid groups (broad SMARTS) is 1. The number of para-hydroxylation sites is 1. The van der Waals surface area contributed by atoms with Gasteiger partial charge in [0.2, 0.25) is 0 Å². The fourth-order valence-electron chi connectivity index (χ4n) is 2.95. The number of aliphatic carboxylic acids is 1. The maximum atomic E-state index is 11.7. The number of benzene rings is 2. The zero-order valence-corrected chi connectivity index (χ0v) is 12.6. The van der Waals surface area contributed by atoms with Crippen molar-refractivity contribution in [3.05, 3.63) is 54.1 Å². The maximum Gasteiger partial charge on any atom is 0.310 e. The van der Waals surface area contributed by atoms with Crippen molar-refractivity contribution in [2.45, 2.75) is 32.1 Å². The summed E-state index contributed by atoms with van der Waals surface area (Å²) >= 11 is 0. The largest absolute Gasteiger partial charge is 0.481 e. The Morgan fingerprint density at radius 1 is 1.14 bits per heavy atom. The van der Waals surface area contributed by atoms with Crippen molar-refractivity contribution in [3.63, 3.8) is 0 Å². The Balaban J connectivity index is 2.19. The Bertz CT molecular complexity index is 826. The molecule has 0 radical (unpaired) electrons. The van der Waals surface area contributed by atoms with Crippen LogP contribution in [-0.2, 0) is 4.79 Å². The van der Waals surface area contributed by atoms with Crippen LogP contribution < -0.4 is 0 Å². The Morgan fingerprint density at radius 3 is 2.68 bits per heavy atom. The number of rotatable bonds is 5. The van der Waals surface area contributed by atoms with E-state index in [1.54, 1.807) is 0 Å². The molecule has 0 amide bonds. The summed E-state index contributed by atoms with van der Waals surface area (Å²) in [4.78, 5) is 16.4. The van der Waals surface area contributed by atoms with Gasteiger partial charge in [0.1, 0.15) is 0 Å². The molecule has 2 aromatic carbocycles. The van der Waals surface area contributed by atoms with E-state index < -0.39 is 11.9 Å². The second-order valence-electron chi connectivity index (χ2n) is 5.63. The van der Waals surface area contributed by atoms with Gasteiger partial charge in [-0.25, -0.2) is 4.98 Å². The first-order valence-electron chi connectivity index (χ1n) is 7.72. The number of aromatic nitrogens is 1. The Kier molecular flexibility index (Phi) is 4.05. The Labute approximate surface area is 129 Å². The highest BCUT2D eigenvalue weighted by Crippen LogP contribution is 2.30. The molecular formula is C19H19NO2. The lowest BCUT2D eigenvalue weighted by Gasteiger charge is -2.15. The molecule has 1 aromatic heterocycles. The minimum absolute atomic E-state index is 0.466. The van der Waals surface area contributed by atoms with Crippen molar-refractivity contribution in [2.75, 3.05) is 0 Å². The fraction of sp³-hybridized carbons (Fsp3) is 0.263. The third-order valence-electron chi connectivity index (χ3n) is 4.11. The van der Waals surface area contributed by atoms with E-state index >= 15 is 0 Å². The third kappa shape index (κ3) is 2.67. The average Bonchev–Trinajstić information content (AvgIpc) is 2.53. The third-order valence-corrected chi connectivity index (χ3v) is 4.11. The van der Waals surface area contributed by atoms with E-state index in [0.717, 1.165) is 40.2 Å². The standard InChI is InChI=1S/C19H19NO2/c1-2-3-8-15(19(21)22)14-9-6-11-18-16(14)12-13-7-4-5-10-17(13)20-18/h4-7,9-12,15H,2-3,8H2,1H3,(H,21,22). The smallest absolute Gasteiger partial charge is 0.310 e. The number of unbranched alkanes of at least 4 members (excludes halogenated alkanes) is 1.